The zero-order valence-electron chi connectivity index (χ0n) is 16.7. The van der Waals surface area contributed by atoms with Gasteiger partial charge in [-0.2, -0.15) is 0 Å². The molecule has 1 saturated heterocycles. The molecule has 10 nitrogen and oxygen atoms in total. The molecule has 0 saturated carbocycles. The van der Waals surface area contributed by atoms with Crippen LogP contribution in [-0.4, -0.2) is 61.7 Å². The molecule has 1 aromatic carbocycles. The van der Waals surface area contributed by atoms with Gasteiger partial charge in [-0.05, 0) is 24.5 Å². The molecule has 0 bridgehead atoms. The van der Waals surface area contributed by atoms with E-state index in [9.17, 15) is 26.0 Å². The number of carbonyl (C=O) groups is 1. The number of aromatic nitrogens is 2. The highest BCUT2D eigenvalue weighted by Gasteiger charge is 2.32. The van der Waals surface area contributed by atoms with Crippen LogP contribution >= 0.6 is 11.6 Å². The van der Waals surface area contributed by atoms with E-state index in [0.29, 0.717) is 17.7 Å². The molecule has 2 N–H and O–H groups in total. The molecule has 31 heavy (non-hydrogen) atoms. The van der Waals surface area contributed by atoms with Crippen molar-refractivity contribution in [1.29, 1.82) is 0 Å². The summed E-state index contributed by atoms with van der Waals surface area (Å²) in [5.74, 6) is -2.86. The minimum atomic E-state index is -3.99. The molecule has 1 unspecified atom stereocenters. The average molecular weight is 494 g/mol. The molecule has 1 aromatic heterocycles. The van der Waals surface area contributed by atoms with Crippen LogP contribution in [0.5, 0.6) is 0 Å². The van der Waals surface area contributed by atoms with Crippen molar-refractivity contribution in [3.8, 4) is 11.3 Å². The van der Waals surface area contributed by atoms with Gasteiger partial charge in [-0.3, -0.25) is 10.2 Å². The summed E-state index contributed by atoms with van der Waals surface area (Å²) in [6.07, 6.45) is 4.60. The molecular weight excluding hydrogens is 473 g/mol. The third kappa shape index (κ3) is 5.80. The molecule has 1 aliphatic heterocycles. The monoisotopic (exact) mass is 493 g/mol. The Kier molecular flexibility index (Phi) is 6.72. The summed E-state index contributed by atoms with van der Waals surface area (Å²) in [7, 11) is -5.65. The van der Waals surface area contributed by atoms with Gasteiger partial charge >= 0.3 is 0 Å². The second kappa shape index (κ2) is 8.82. The van der Waals surface area contributed by atoms with Crippen LogP contribution in [0.25, 0.3) is 11.3 Å². The van der Waals surface area contributed by atoms with E-state index >= 15 is 0 Å². The predicted octanol–water partition coefficient (Wildman–Crippen LogP) is 0.725. The number of hydrogen-bond acceptors (Lipinski definition) is 6. The van der Waals surface area contributed by atoms with Crippen molar-refractivity contribution < 1.29 is 26.0 Å². The van der Waals surface area contributed by atoms with Crippen LogP contribution in [0.2, 0.25) is 5.02 Å². The van der Waals surface area contributed by atoms with Crippen LogP contribution in [0, 0.1) is 11.7 Å². The number of nitrogens with zero attached hydrogens (tertiary/aromatic N) is 3. The molecule has 0 radical (unpaired) electrons. The number of carbonyl (C=O) groups excluding carboxylic acids is 1. The van der Waals surface area contributed by atoms with Crippen molar-refractivity contribution in [2.45, 2.75) is 6.42 Å². The quantitative estimate of drug-likeness (QED) is 0.547. The minimum Gasteiger partial charge on any atom is -0.340 e. The van der Waals surface area contributed by atoms with Crippen molar-refractivity contribution in [2.75, 3.05) is 25.1 Å². The summed E-state index contributed by atoms with van der Waals surface area (Å²) in [5.41, 5.74) is 2.35. The van der Waals surface area contributed by atoms with E-state index in [-0.39, 0.29) is 18.1 Å². The number of imidazole rings is 1. The van der Waals surface area contributed by atoms with Crippen LogP contribution in [0.3, 0.4) is 0 Å². The molecule has 1 amide bonds. The summed E-state index contributed by atoms with van der Waals surface area (Å²) in [6.45, 7) is 0.305. The van der Waals surface area contributed by atoms with Crippen molar-refractivity contribution in [3.63, 3.8) is 0 Å². The van der Waals surface area contributed by atoms with Crippen molar-refractivity contribution in [2.24, 2.45) is 13.0 Å². The Bertz CT molecular complexity index is 1220. The summed E-state index contributed by atoms with van der Waals surface area (Å²) < 4.78 is 65.0. The number of benzene rings is 1. The fraction of sp³-hybridized carbons (Fsp3) is 0.412. The highest BCUT2D eigenvalue weighted by atomic mass is 35.5. The van der Waals surface area contributed by atoms with Crippen LogP contribution in [0.15, 0.2) is 24.7 Å². The summed E-state index contributed by atoms with van der Waals surface area (Å²) >= 11 is 5.89. The van der Waals surface area contributed by atoms with Crippen molar-refractivity contribution in [3.05, 3.63) is 41.1 Å². The van der Waals surface area contributed by atoms with E-state index in [4.69, 9.17) is 11.6 Å². The zero-order valence-corrected chi connectivity index (χ0v) is 19.1. The molecule has 3 rings (SSSR count). The van der Waals surface area contributed by atoms with Gasteiger partial charge < -0.3 is 4.57 Å². The first-order chi connectivity index (χ1) is 14.4. The maximum absolute atomic E-state index is 14.4. The van der Waals surface area contributed by atoms with E-state index in [1.165, 1.54) is 22.8 Å². The highest BCUT2D eigenvalue weighted by Crippen LogP contribution is 2.27. The van der Waals surface area contributed by atoms with Gasteiger partial charge in [-0.15, -0.1) is 4.83 Å². The lowest BCUT2D eigenvalue weighted by Crippen LogP contribution is -2.44. The van der Waals surface area contributed by atoms with Gasteiger partial charge in [0.2, 0.25) is 20.0 Å². The standard InChI is InChI=1S/C17H21ClFN5O5S2/c1-23-8-15(20-10-23)12-5-13(16(19)14(18)6-12)17(25)21-22-31(28,29)9-11-3-4-24(7-11)30(2,26)27/h5-6,8,10-11,22H,3-4,7,9H2,1-2H3,(H,21,25). The molecule has 1 atom stereocenters. The second-order valence-electron chi connectivity index (χ2n) is 7.36. The van der Waals surface area contributed by atoms with Gasteiger partial charge in [0, 0.05) is 31.9 Å². The molecule has 170 valence electrons. The number of sulfonamides is 2. The first kappa shape index (κ1) is 23.6. The topological polar surface area (TPSA) is 130 Å². The Morgan fingerprint density at radius 3 is 2.61 bits per heavy atom. The largest absolute Gasteiger partial charge is 0.340 e. The van der Waals surface area contributed by atoms with Crippen molar-refractivity contribution >= 4 is 37.6 Å². The van der Waals surface area contributed by atoms with Gasteiger partial charge in [0.05, 0.1) is 34.6 Å². The van der Waals surface area contributed by atoms with Gasteiger partial charge in [0.15, 0.2) is 5.82 Å². The predicted molar refractivity (Wildman–Crippen MR) is 113 cm³/mol. The number of hydrogen-bond donors (Lipinski definition) is 2. The van der Waals surface area contributed by atoms with Crippen molar-refractivity contribution in [1.82, 2.24) is 24.1 Å². The molecule has 0 aliphatic carbocycles. The molecule has 0 spiro atoms. The second-order valence-corrected chi connectivity index (χ2v) is 11.5. The smallest absolute Gasteiger partial charge is 0.269 e. The van der Waals surface area contributed by atoms with E-state index in [1.54, 1.807) is 17.8 Å². The first-order valence-corrected chi connectivity index (χ1v) is 13.0. The Morgan fingerprint density at radius 1 is 1.32 bits per heavy atom. The molecule has 1 aliphatic rings. The fourth-order valence-electron chi connectivity index (χ4n) is 3.24. The summed E-state index contributed by atoms with van der Waals surface area (Å²) in [5, 5.41) is -0.317. The van der Waals surface area contributed by atoms with Gasteiger partial charge in [0.1, 0.15) is 0 Å². The molecule has 2 aromatic rings. The molecular formula is C17H21ClFN5O5S2. The zero-order chi connectivity index (χ0) is 23.0. The molecule has 2 heterocycles. The van der Waals surface area contributed by atoms with Crippen LogP contribution in [0.1, 0.15) is 16.8 Å². The van der Waals surface area contributed by atoms with Gasteiger partial charge in [-0.25, -0.2) is 30.5 Å². The Labute approximate surface area is 184 Å². The van der Waals surface area contributed by atoms with Crippen LogP contribution in [0.4, 0.5) is 4.39 Å². The fourth-order valence-corrected chi connectivity index (χ4v) is 5.60. The highest BCUT2D eigenvalue weighted by molar-refractivity contribution is 7.89. The Hall–Kier alpha value is -2.06. The van der Waals surface area contributed by atoms with Gasteiger partial charge in [-0.1, -0.05) is 11.6 Å². The lowest BCUT2D eigenvalue weighted by Gasteiger charge is -2.14. The maximum atomic E-state index is 14.4. The summed E-state index contributed by atoms with van der Waals surface area (Å²) in [6, 6.07) is 2.53. The number of nitrogens with one attached hydrogen (secondary N) is 2. The third-order valence-corrected chi connectivity index (χ3v) is 7.63. The SMILES string of the molecule is Cn1cnc(-c2cc(Cl)c(F)c(C(=O)NNS(=O)(=O)CC3CCN(S(C)(=O)=O)C3)c2)c1. The number of amides is 1. The van der Waals surface area contributed by atoms with Crippen LogP contribution in [-0.2, 0) is 27.1 Å². The average Bonchev–Trinajstić information content (AvgIpc) is 3.30. The number of rotatable bonds is 7. The lowest BCUT2D eigenvalue weighted by atomic mass is 10.1. The maximum Gasteiger partial charge on any atom is 0.269 e. The molecule has 1 fully saturated rings. The van der Waals surface area contributed by atoms with E-state index < -0.39 is 49.0 Å². The normalized spacial score (nSPS) is 17.7. The van der Waals surface area contributed by atoms with E-state index in [0.717, 1.165) is 6.26 Å². The Morgan fingerprint density at radius 2 is 2.03 bits per heavy atom. The number of halogens is 2. The first-order valence-electron chi connectivity index (χ1n) is 9.08. The number of hydrazine groups is 1. The van der Waals surface area contributed by atoms with E-state index in [1.807, 2.05) is 10.3 Å². The Balaban J connectivity index is 1.68. The lowest BCUT2D eigenvalue weighted by molar-refractivity contribution is 0.0941. The minimum absolute atomic E-state index is 0.0735. The number of aryl methyl sites for hydroxylation is 1. The third-order valence-electron chi connectivity index (χ3n) is 4.77. The van der Waals surface area contributed by atoms with Crippen LogP contribution < -0.4 is 10.3 Å². The summed E-state index contributed by atoms with van der Waals surface area (Å²) in [4.78, 5) is 18.5. The van der Waals surface area contributed by atoms with E-state index in [2.05, 4.69) is 4.98 Å². The van der Waals surface area contributed by atoms with Gasteiger partial charge in [0.25, 0.3) is 5.91 Å². The molecule has 14 heteroatoms.